The molecular formula is C24H27ClN2O3S. The van der Waals surface area contributed by atoms with E-state index in [2.05, 4.69) is 16.5 Å². The molecule has 0 fully saturated rings. The Morgan fingerprint density at radius 3 is 2.81 bits per heavy atom. The van der Waals surface area contributed by atoms with Crippen LogP contribution in [0.5, 0.6) is 0 Å². The molecule has 0 aliphatic heterocycles. The molecule has 1 unspecified atom stereocenters. The molecule has 3 rings (SSSR count). The minimum Gasteiger partial charge on any atom is -0.478 e. The Morgan fingerprint density at radius 2 is 2.13 bits per heavy atom. The number of carboxylic acid groups (broad SMARTS) is 1. The van der Waals surface area contributed by atoms with Gasteiger partial charge in [-0.3, -0.25) is 0 Å². The highest BCUT2D eigenvalue weighted by molar-refractivity contribution is 7.10. The number of benzene rings is 1. The number of thiophene rings is 1. The summed E-state index contributed by atoms with van der Waals surface area (Å²) in [6, 6.07) is 11.4. The van der Waals surface area contributed by atoms with Gasteiger partial charge in [-0.2, -0.15) is 0 Å². The largest absolute Gasteiger partial charge is 0.478 e. The van der Waals surface area contributed by atoms with Crippen LogP contribution < -0.4 is 0 Å². The van der Waals surface area contributed by atoms with Crippen LogP contribution in [0.3, 0.4) is 0 Å². The minimum atomic E-state index is -1.41. The van der Waals surface area contributed by atoms with E-state index in [1.54, 1.807) is 13.0 Å². The number of halogens is 1. The van der Waals surface area contributed by atoms with E-state index in [-0.39, 0.29) is 0 Å². The number of rotatable bonds is 11. The van der Waals surface area contributed by atoms with E-state index in [9.17, 15) is 9.90 Å². The average Bonchev–Trinajstić information content (AvgIpc) is 3.42. The van der Waals surface area contributed by atoms with Crippen LogP contribution in [0.2, 0.25) is 5.02 Å². The van der Waals surface area contributed by atoms with Crippen LogP contribution in [0.4, 0.5) is 0 Å². The van der Waals surface area contributed by atoms with Crippen molar-refractivity contribution in [1.82, 2.24) is 9.55 Å². The Morgan fingerprint density at radius 1 is 1.32 bits per heavy atom. The third-order valence-electron chi connectivity index (χ3n) is 5.19. The topological polar surface area (TPSA) is 64.3 Å². The number of allylic oxidation sites excluding steroid dienone is 1. The number of carbonyl (C=O) groups is 1. The molecule has 2 heterocycles. The number of nitrogens with zero attached hydrogens (tertiary/aromatic N) is 2. The highest BCUT2D eigenvalue weighted by Gasteiger charge is 2.37. The molecule has 5 nitrogen and oxygen atoms in total. The molecule has 1 aromatic carbocycles. The lowest BCUT2D eigenvalue weighted by atomic mass is 10.1. The van der Waals surface area contributed by atoms with Crippen molar-refractivity contribution in [3.05, 3.63) is 87.3 Å². The van der Waals surface area contributed by atoms with Crippen molar-refractivity contribution in [1.29, 1.82) is 0 Å². The molecule has 0 amide bonds. The van der Waals surface area contributed by atoms with Crippen LogP contribution in [-0.4, -0.2) is 20.6 Å². The van der Waals surface area contributed by atoms with Gasteiger partial charge in [0.1, 0.15) is 5.82 Å². The van der Waals surface area contributed by atoms with Gasteiger partial charge in [-0.25, -0.2) is 9.78 Å². The molecule has 0 aliphatic rings. The zero-order valence-electron chi connectivity index (χ0n) is 17.8. The number of aromatic nitrogens is 2. The Hall–Kier alpha value is -2.57. The summed E-state index contributed by atoms with van der Waals surface area (Å²) >= 11 is 7.75. The fourth-order valence-corrected chi connectivity index (χ4v) is 4.27. The third-order valence-corrected chi connectivity index (χ3v) is 6.63. The van der Waals surface area contributed by atoms with E-state index in [0.29, 0.717) is 17.8 Å². The number of hydrogen-bond acceptors (Lipinski definition) is 4. The molecule has 1 atom stereocenters. The van der Waals surface area contributed by atoms with Crippen molar-refractivity contribution < 1.29 is 14.6 Å². The van der Waals surface area contributed by atoms with Gasteiger partial charge in [0.15, 0.2) is 0 Å². The fraction of sp³-hybridized carbons (Fsp3) is 0.333. The number of hydrogen-bond donors (Lipinski definition) is 1. The quantitative estimate of drug-likeness (QED) is 0.354. The summed E-state index contributed by atoms with van der Waals surface area (Å²) in [6.45, 7) is 4.37. The van der Waals surface area contributed by atoms with Gasteiger partial charge in [-0.05, 0) is 42.5 Å². The summed E-state index contributed by atoms with van der Waals surface area (Å²) < 4.78 is 7.88. The first kappa shape index (κ1) is 23.1. The van der Waals surface area contributed by atoms with Gasteiger partial charge in [0.25, 0.3) is 0 Å². The van der Waals surface area contributed by atoms with Gasteiger partial charge >= 0.3 is 5.97 Å². The molecule has 3 aromatic rings. The molecule has 2 aromatic heterocycles. The summed E-state index contributed by atoms with van der Waals surface area (Å²) in [5.41, 5.74) is 0.658. The van der Waals surface area contributed by atoms with Crippen LogP contribution >= 0.6 is 22.9 Å². The monoisotopic (exact) mass is 458 g/mol. The minimum absolute atomic E-state index is 0.573. The number of aryl methyl sites for hydroxylation is 1. The van der Waals surface area contributed by atoms with E-state index in [0.717, 1.165) is 41.4 Å². The smallest absolute Gasteiger partial charge is 0.353 e. The van der Waals surface area contributed by atoms with Gasteiger partial charge in [-0.1, -0.05) is 49.2 Å². The molecule has 164 valence electrons. The third kappa shape index (κ3) is 5.57. The molecule has 0 saturated carbocycles. The highest BCUT2D eigenvalue weighted by atomic mass is 35.5. The SMILES string of the molecule is CCCCc1ncc(CC=COC(C)(C(=O)O)c2cccs2)n1Cc1ccccc1Cl. The summed E-state index contributed by atoms with van der Waals surface area (Å²) in [5, 5.41) is 12.2. The Kier molecular flexibility index (Phi) is 7.93. The molecule has 31 heavy (non-hydrogen) atoms. The van der Waals surface area contributed by atoms with Crippen molar-refractivity contribution >= 4 is 28.9 Å². The van der Waals surface area contributed by atoms with Crippen molar-refractivity contribution in [2.75, 3.05) is 0 Å². The maximum Gasteiger partial charge on any atom is 0.353 e. The molecule has 1 N–H and O–H groups in total. The zero-order chi connectivity index (χ0) is 22.3. The standard InChI is InChI=1S/C24H27ClN2O3S/c1-3-4-13-22-26-16-19(27(22)17-18-9-5-6-11-20(18)25)10-7-14-30-24(2,23(28)29)21-12-8-15-31-21/h5-9,11-12,14-16H,3-4,10,13,17H2,1-2H3,(H,28,29). The lowest BCUT2D eigenvalue weighted by Gasteiger charge is -2.22. The van der Waals surface area contributed by atoms with E-state index >= 15 is 0 Å². The predicted octanol–water partition coefficient (Wildman–Crippen LogP) is 6.06. The summed E-state index contributed by atoms with van der Waals surface area (Å²) in [5.74, 6) is 0.00487. The average molecular weight is 459 g/mol. The number of unbranched alkanes of at least 4 members (excludes halogenated alkanes) is 1. The maximum absolute atomic E-state index is 11.8. The molecule has 7 heteroatoms. The van der Waals surface area contributed by atoms with Crippen LogP contribution in [0.1, 0.15) is 48.6 Å². The number of aliphatic carboxylic acids is 1. The summed E-state index contributed by atoms with van der Waals surface area (Å²) in [7, 11) is 0. The first-order valence-electron chi connectivity index (χ1n) is 10.3. The predicted molar refractivity (Wildman–Crippen MR) is 125 cm³/mol. The van der Waals surface area contributed by atoms with Crippen LogP contribution in [0, 0.1) is 0 Å². The zero-order valence-corrected chi connectivity index (χ0v) is 19.3. The first-order valence-corrected chi connectivity index (χ1v) is 11.6. The van der Waals surface area contributed by atoms with Crippen LogP contribution in [-0.2, 0) is 34.5 Å². The lowest BCUT2D eigenvalue weighted by molar-refractivity contribution is -0.158. The van der Waals surface area contributed by atoms with Gasteiger partial charge in [0, 0.05) is 29.8 Å². The molecule has 0 saturated heterocycles. The van der Waals surface area contributed by atoms with E-state index in [1.807, 2.05) is 48.0 Å². The molecule has 0 aliphatic carbocycles. The van der Waals surface area contributed by atoms with Crippen LogP contribution in [0.25, 0.3) is 0 Å². The summed E-state index contributed by atoms with van der Waals surface area (Å²) in [4.78, 5) is 17.1. The van der Waals surface area contributed by atoms with E-state index < -0.39 is 11.6 Å². The van der Waals surface area contributed by atoms with Crippen molar-refractivity contribution in [2.24, 2.45) is 0 Å². The van der Waals surface area contributed by atoms with Crippen molar-refractivity contribution in [3.63, 3.8) is 0 Å². The van der Waals surface area contributed by atoms with Gasteiger partial charge in [-0.15, -0.1) is 11.3 Å². The van der Waals surface area contributed by atoms with E-state index in [4.69, 9.17) is 16.3 Å². The second-order valence-electron chi connectivity index (χ2n) is 7.46. The fourth-order valence-electron chi connectivity index (χ4n) is 3.26. The van der Waals surface area contributed by atoms with Gasteiger partial charge < -0.3 is 14.4 Å². The van der Waals surface area contributed by atoms with Gasteiger partial charge in [0.05, 0.1) is 17.7 Å². The Balaban J connectivity index is 1.77. The molecule has 0 bridgehead atoms. The normalized spacial score (nSPS) is 13.4. The highest BCUT2D eigenvalue weighted by Crippen LogP contribution is 2.30. The lowest BCUT2D eigenvalue weighted by Crippen LogP contribution is -2.33. The molecule has 0 spiro atoms. The second-order valence-corrected chi connectivity index (χ2v) is 8.81. The van der Waals surface area contributed by atoms with Crippen LogP contribution in [0.15, 0.2) is 60.3 Å². The summed E-state index contributed by atoms with van der Waals surface area (Å²) in [6.07, 6.45) is 8.82. The number of ether oxygens (including phenoxy) is 1. The Labute approximate surface area is 192 Å². The van der Waals surface area contributed by atoms with E-state index in [1.165, 1.54) is 17.6 Å². The van der Waals surface area contributed by atoms with Gasteiger partial charge in [0.2, 0.25) is 5.60 Å². The Bertz CT molecular complexity index is 1030. The molecular weight excluding hydrogens is 432 g/mol. The van der Waals surface area contributed by atoms with Crippen molar-refractivity contribution in [2.45, 2.75) is 51.7 Å². The van der Waals surface area contributed by atoms with Crippen molar-refractivity contribution in [3.8, 4) is 0 Å². The number of imidazole rings is 1. The maximum atomic E-state index is 11.8. The molecule has 0 radical (unpaired) electrons. The number of carboxylic acids is 1. The first-order chi connectivity index (χ1) is 15.0. The second kappa shape index (κ2) is 10.6.